The average Bonchev–Trinajstić information content (AvgIpc) is 3.71. The number of pyridine rings is 1. The van der Waals surface area contributed by atoms with E-state index >= 15 is 13.2 Å². The molecule has 246 valence electrons. The summed E-state index contributed by atoms with van der Waals surface area (Å²) in [7, 11) is 1.13. The lowest BCUT2D eigenvalue weighted by Crippen LogP contribution is -2.65. The van der Waals surface area contributed by atoms with Crippen molar-refractivity contribution in [2.75, 3.05) is 25.5 Å². The second-order valence-electron chi connectivity index (χ2n) is 13.1. The third kappa shape index (κ3) is 4.06. The molecule has 13 heteroatoms. The van der Waals surface area contributed by atoms with Gasteiger partial charge in [0.1, 0.15) is 12.0 Å². The topological polar surface area (TPSA) is 90.3 Å². The SMILES string of the molecule is COC(=O)OCOc1c2n(ccc1=O)N(C1c3ccccc3-c3scc4c3-c3c1ccc(F)c3C(F)(F)C4)C1CC3(CCN1C2=O)CC3. The van der Waals surface area contributed by atoms with Crippen LogP contribution in [0.25, 0.3) is 21.6 Å². The Hall–Kier alpha value is -4.78. The van der Waals surface area contributed by atoms with Crippen molar-refractivity contribution in [1.82, 2.24) is 9.58 Å². The van der Waals surface area contributed by atoms with Crippen molar-refractivity contribution in [3.05, 3.63) is 98.0 Å². The predicted molar refractivity (Wildman–Crippen MR) is 168 cm³/mol. The number of alkyl halides is 2. The van der Waals surface area contributed by atoms with Crippen LogP contribution in [0.3, 0.4) is 0 Å². The van der Waals surface area contributed by atoms with Crippen LogP contribution in [0.1, 0.15) is 64.5 Å². The number of amides is 1. The third-order valence-electron chi connectivity index (χ3n) is 10.6. The number of benzene rings is 2. The zero-order valence-corrected chi connectivity index (χ0v) is 26.5. The van der Waals surface area contributed by atoms with Gasteiger partial charge in [0, 0.05) is 41.2 Å². The fourth-order valence-corrected chi connectivity index (χ4v) is 9.31. The number of fused-ring (bicyclic) bond motifs is 4. The van der Waals surface area contributed by atoms with Gasteiger partial charge in [-0.15, -0.1) is 11.3 Å². The molecule has 9 rings (SSSR count). The van der Waals surface area contributed by atoms with Crippen LogP contribution in [-0.2, 0) is 21.8 Å². The van der Waals surface area contributed by atoms with Gasteiger partial charge in [-0.3, -0.25) is 19.3 Å². The predicted octanol–water partition coefficient (Wildman–Crippen LogP) is 6.55. The van der Waals surface area contributed by atoms with Gasteiger partial charge in [0.2, 0.25) is 18.0 Å². The van der Waals surface area contributed by atoms with Gasteiger partial charge in [0.15, 0.2) is 5.69 Å². The summed E-state index contributed by atoms with van der Waals surface area (Å²) in [6.45, 7) is -0.277. The highest BCUT2D eigenvalue weighted by Gasteiger charge is 2.56. The Kier molecular flexibility index (Phi) is 6.19. The first-order valence-electron chi connectivity index (χ1n) is 15.7. The smallest absolute Gasteiger partial charge is 0.451 e. The number of aromatic nitrogens is 1. The van der Waals surface area contributed by atoms with E-state index in [-0.39, 0.29) is 22.4 Å². The zero-order chi connectivity index (χ0) is 33.1. The number of methoxy groups -OCH3 is 1. The maximum absolute atomic E-state index is 15.9. The molecule has 2 aromatic heterocycles. The molecule has 0 radical (unpaired) electrons. The number of carbonyl (C=O) groups excluding carboxylic acids is 2. The summed E-state index contributed by atoms with van der Waals surface area (Å²) in [5.41, 5.74) is 2.06. The molecule has 1 saturated heterocycles. The van der Waals surface area contributed by atoms with Crippen LogP contribution in [0.5, 0.6) is 5.75 Å². The van der Waals surface area contributed by atoms with Gasteiger partial charge in [-0.25, -0.2) is 18.0 Å². The van der Waals surface area contributed by atoms with Gasteiger partial charge >= 0.3 is 6.16 Å². The zero-order valence-electron chi connectivity index (χ0n) is 25.6. The summed E-state index contributed by atoms with van der Waals surface area (Å²) in [5, 5.41) is 3.71. The minimum absolute atomic E-state index is 0.0369. The van der Waals surface area contributed by atoms with Crippen molar-refractivity contribution in [3.8, 4) is 27.3 Å². The first-order valence-corrected chi connectivity index (χ1v) is 16.6. The molecule has 1 amide bonds. The molecule has 4 heterocycles. The third-order valence-corrected chi connectivity index (χ3v) is 11.6. The molecule has 2 fully saturated rings. The van der Waals surface area contributed by atoms with Crippen LogP contribution in [0, 0.1) is 11.2 Å². The van der Waals surface area contributed by atoms with E-state index in [1.807, 2.05) is 29.3 Å². The van der Waals surface area contributed by atoms with Crippen LogP contribution >= 0.6 is 11.3 Å². The van der Waals surface area contributed by atoms with Crippen molar-refractivity contribution in [3.63, 3.8) is 0 Å². The lowest BCUT2D eigenvalue weighted by molar-refractivity contribution is -0.00827. The highest BCUT2D eigenvalue weighted by atomic mass is 32.1. The van der Waals surface area contributed by atoms with Crippen molar-refractivity contribution < 1.29 is 37.0 Å². The maximum atomic E-state index is 15.9. The van der Waals surface area contributed by atoms with Gasteiger partial charge in [0.05, 0.1) is 18.7 Å². The number of hydrogen-bond acceptors (Lipinski definition) is 8. The summed E-state index contributed by atoms with van der Waals surface area (Å²) in [4.78, 5) is 41.8. The minimum atomic E-state index is -3.45. The molecular weight excluding hydrogens is 647 g/mol. The summed E-state index contributed by atoms with van der Waals surface area (Å²) in [5.74, 6) is -5.18. The monoisotopic (exact) mass is 675 g/mol. The van der Waals surface area contributed by atoms with E-state index in [9.17, 15) is 14.4 Å². The van der Waals surface area contributed by atoms with Crippen molar-refractivity contribution >= 4 is 23.4 Å². The first kappa shape index (κ1) is 29.4. The fourth-order valence-electron chi connectivity index (χ4n) is 8.18. The summed E-state index contributed by atoms with van der Waals surface area (Å²) in [6.07, 6.45) is 2.76. The highest BCUT2D eigenvalue weighted by Crippen LogP contribution is 2.60. The highest BCUT2D eigenvalue weighted by molar-refractivity contribution is 7.14. The van der Waals surface area contributed by atoms with Crippen molar-refractivity contribution in [1.29, 1.82) is 0 Å². The van der Waals surface area contributed by atoms with E-state index in [4.69, 9.17) is 9.47 Å². The Morgan fingerprint density at radius 3 is 2.65 bits per heavy atom. The number of thiophene rings is 1. The quantitative estimate of drug-likeness (QED) is 0.179. The molecule has 2 aromatic carbocycles. The Morgan fingerprint density at radius 2 is 1.85 bits per heavy atom. The summed E-state index contributed by atoms with van der Waals surface area (Å²) >= 11 is 1.36. The van der Waals surface area contributed by atoms with Crippen molar-refractivity contribution in [2.45, 2.75) is 50.2 Å². The average molecular weight is 676 g/mol. The van der Waals surface area contributed by atoms with Crippen LogP contribution in [-0.4, -0.2) is 48.3 Å². The number of ether oxygens (including phenoxy) is 3. The Bertz CT molecular complexity index is 2120. The van der Waals surface area contributed by atoms with Gasteiger partial charge in [-0.05, 0) is 64.8 Å². The second kappa shape index (κ2) is 10.1. The summed E-state index contributed by atoms with van der Waals surface area (Å²) in [6, 6.07) is 10.8. The van der Waals surface area contributed by atoms with Crippen LogP contribution < -0.4 is 15.2 Å². The Balaban J connectivity index is 1.32. The van der Waals surface area contributed by atoms with Gasteiger partial charge in [-0.2, -0.15) is 0 Å². The molecule has 3 aliphatic carbocycles. The Labute approximate surface area is 276 Å². The van der Waals surface area contributed by atoms with Gasteiger partial charge in [0.25, 0.3) is 11.8 Å². The molecule has 5 aliphatic rings. The largest absolute Gasteiger partial charge is 0.510 e. The fraction of sp³-hybridized carbons (Fsp3) is 0.343. The molecule has 2 unspecified atom stereocenters. The number of hydrogen-bond donors (Lipinski definition) is 0. The lowest BCUT2D eigenvalue weighted by Gasteiger charge is -2.53. The second-order valence-corrected chi connectivity index (χ2v) is 14.0. The van der Waals surface area contributed by atoms with Gasteiger partial charge < -0.3 is 19.1 Å². The van der Waals surface area contributed by atoms with Gasteiger partial charge in [-0.1, -0.05) is 30.3 Å². The van der Waals surface area contributed by atoms with E-state index in [2.05, 4.69) is 4.74 Å². The van der Waals surface area contributed by atoms with Crippen LogP contribution in [0.15, 0.2) is 58.8 Å². The van der Waals surface area contributed by atoms with Crippen molar-refractivity contribution in [2.24, 2.45) is 5.41 Å². The molecule has 0 N–H and O–H groups in total. The lowest BCUT2D eigenvalue weighted by atomic mass is 9.80. The number of piperidine rings is 1. The minimum Gasteiger partial charge on any atom is -0.451 e. The summed E-state index contributed by atoms with van der Waals surface area (Å²) < 4.78 is 64.2. The number of nitrogens with zero attached hydrogens (tertiary/aromatic N) is 3. The molecule has 2 aliphatic heterocycles. The van der Waals surface area contributed by atoms with E-state index in [0.717, 1.165) is 48.4 Å². The molecular formula is C35H28F3N3O6S. The molecule has 2 atom stereocenters. The molecule has 1 saturated carbocycles. The number of rotatable bonds is 4. The molecule has 1 spiro atoms. The van der Waals surface area contributed by atoms with E-state index < -0.39 is 60.2 Å². The van der Waals surface area contributed by atoms with E-state index in [0.29, 0.717) is 29.7 Å². The number of carbonyl (C=O) groups is 2. The molecule has 9 nitrogen and oxygen atoms in total. The molecule has 48 heavy (non-hydrogen) atoms. The van der Waals surface area contributed by atoms with Crippen LogP contribution in [0.4, 0.5) is 18.0 Å². The standard InChI is InChI=1S/C35H28F3N3O6S/c1-45-33(44)47-17-46-30-23(42)8-12-40-29(30)32(43)39-13-11-34(9-10-34)15-24(39)41(40)28-19-4-2-3-5-20(19)31-25-18(16-48-31)14-35(37,38)27-22(36)7-6-21(28)26(25)27/h2-8,12,16,24,28H,9-11,13-15,17H2,1H3. The van der Waals surface area contributed by atoms with E-state index in [1.54, 1.807) is 21.0 Å². The molecule has 4 aromatic rings. The van der Waals surface area contributed by atoms with E-state index in [1.165, 1.54) is 23.6 Å². The number of halogens is 3. The van der Waals surface area contributed by atoms with Crippen LogP contribution in [0.2, 0.25) is 0 Å². The first-order chi connectivity index (χ1) is 23.1. The maximum Gasteiger partial charge on any atom is 0.510 e. The normalized spacial score (nSPS) is 21.8. The molecule has 0 bridgehead atoms. The Morgan fingerprint density at radius 1 is 1.04 bits per heavy atom.